The Morgan fingerprint density at radius 3 is 2.37 bits per heavy atom. The molecular formula is C27H32Cl2F3N3O3. The Balaban J connectivity index is 1.50. The molecule has 38 heavy (non-hydrogen) atoms. The fourth-order valence-electron chi connectivity index (χ4n) is 5.49. The van der Waals surface area contributed by atoms with Crippen molar-refractivity contribution in [3.63, 3.8) is 0 Å². The average molecular weight is 574 g/mol. The van der Waals surface area contributed by atoms with Crippen molar-refractivity contribution in [2.45, 2.75) is 37.7 Å². The Kier molecular flexibility index (Phi) is 8.40. The number of hydrogen-bond donors (Lipinski definition) is 0. The van der Waals surface area contributed by atoms with E-state index in [1.807, 2.05) is 17.9 Å². The van der Waals surface area contributed by atoms with Gasteiger partial charge in [0.2, 0.25) is 0 Å². The first-order valence-electron chi connectivity index (χ1n) is 12.6. The van der Waals surface area contributed by atoms with Crippen LogP contribution in [-0.4, -0.2) is 77.6 Å². The van der Waals surface area contributed by atoms with Crippen molar-refractivity contribution in [3.8, 4) is 0 Å². The maximum Gasteiger partial charge on any atom is 0.413 e. The maximum atomic E-state index is 13.7. The van der Waals surface area contributed by atoms with E-state index >= 15 is 0 Å². The summed E-state index contributed by atoms with van der Waals surface area (Å²) in [5.74, 6) is -1.86. The molecule has 0 radical (unpaired) electrons. The standard InChI is InChI=1S/C27H32Cl2F3N3O3/c1-15-16(2)21(27(30,31)32)13-23-19(15)11-17(33(23)3)12-20-22(28)6-5-18(25(20)29)26(37)35-9-7-34(8-10-35)14-24(36)38-4/h5-6,11,13,15-16,20,25H,7-10,12,14H2,1-4H3. The lowest BCUT2D eigenvalue weighted by molar-refractivity contribution is -0.142. The van der Waals surface area contributed by atoms with Gasteiger partial charge >= 0.3 is 12.1 Å². The molecule has 0 spiro atoms. The van der Waals surface area contributed by atoms with Crippen LogP contribution < -0.4 is 0 Å². The highest BCUT2D eigenvalue weighted by Crippen LogP contribution is 2.46. The number of alkyl halides is 4. The second-order valence-corrected chi connectivity index (χ2v) is 11.1. The molecule has 1 aromatic rings. The Labute approximate surface area is 230 Å². The van der Waals surface area contributed by atoms with Gasteiger partial charge in [0.1, 0.15) is 0 Å². The van der Waals surface area contributed by atoms with Gasteiger partial charge in [0.05, 0.1) is 19.0 Å². The van der Waals surface area contributed by atoms with Crippen LogP contribution in [0.2, 0.25) is 0 Å². The molecule has 4 atom stereocenters. The second-order valence-electron chi connectivity index (χ2n) is 10.2. The van der Waals surface area contributed by atoms with E-state index in [0.29, 0.717) is 48.9 Å². The van der Waals surface area contributed by atoms with E-state index in [9.17, 15) is 22.8 Å². The van der Waals surface area contributed by atoms with E-state index in [2.05, 4.69) is 0 Å². The zero-order valence-electron chi connectivity index (χ0n) is 21.8. The average Bonchev–Trinajstić information content (AvgIpc) is 3.18. The van der Waals surface area contributed by atoms with Crippen LogP contribution in [0.5, 0.6) is 0 Å². The Bertz CT molecular complexity index is 1200. The summed E-state index contributed by atoms with van der Waals surface area (Å²) in [6.07, 6.45) is 0.561. The van der Waals surface area contributed by atoms with Gasteiger partial charge in [-0.1, -0.05) is 31.5 Å². The SMILES string of the molecule is COC(=O)CN1CCN(C(=O)C2=CC=C(Cl)C(Cc3cc4c(n3C)C=C(C(F)(F)F)C(C)C4C)C2Cl)CC1. The molecule has 208 valence electrons. The molecule has 4 unspecified atom stereocenters. The van der Waals surface area contributed by atoms with Gasteiger partial charge in [0.25, 0.3) is 5.91 Å². The number of hydrogen-bond acceptors (Lipinski definition) is 4. The molecule has 2 aliphatic carbocycles. The molecule has 4 rings (SSSR count). The molecule has 1 saturated heterocycles. The zero-order valence-corrected chi connectivity index (χ0v) is 23.3. The van der Waals surface area contributed by atoms with E-state index in [1.165, 1.54) is 13.2 Å². The Morgan fingerprint density at radius 1 is 1.11 bits per heavy atom. The van der Waals surface area contributed by atoms with Gasteiger partial charge < -0.3 is 14.2 Å². The number of carbonyl (C=O) groups excluding carboxylic acids is 2. The van der Waals surface area contributed by atoms with Gasteiger partial charge in [-0.3, -0.25) is 14.5 Å². The summed E-state index contributed by atoms with van der Waals surface area (Å²) in [7, 11) is 3.09. The van der Waals surface area contributed by atoms with E-state index in [0.717, 1.165) is 11.3 Å². The van der Waals surface area contributed by atoms with E-state index in [1.54, 1.807) is 35.6 Å². The minimum Gasteiger partial charge on any atom is -0.468 e. The topological polar surface area (TPSA) is 54.8 Å². The van der Waals surface area contributed by atoms with Gasteiger partial charge in [-0.05, 0) is 42.0 Å². The molecule has 1 aromatic heterocycles. The van der Waals surface area contributed by atoms with Crippen molar-refractivity contribution in [1.29, 1.82) is 0 Å². The molecule has 11 heteroatoms. The summed E-state index contributed by atoms with van der Waals surface area (Å²) in [6, 6.07) is 1.94. The van der Waals surface area contributed by atoms with Crippen molar-refractivity contribution in [2.75, 3.05) is 39.8 Å². The number of fused-ring (bicyclic) bond motifs is 1. The van der Waals surface area contributed by atoms with Crippen LogP contribution in [0.1, 0.15) is 36.7 Å². The number of piperazine rings is 1. The minimum atomic E-state index is -4.39. The summed E-state index contributed by atoms with van der Waals surface area (Å²) in [5.41, 5.74) is 2.11. The van der Waals surface area contributed by atoms with Crippen molar-refractivity contribution >= 4 is 41.2 Å². The molecule has 1 aliphatic heterocycles. The third-order valence-corrected chi connectivity index (χ3v) is 9.05. The van der Waals surface area contributed by atoms with Gasteiger partial charge in [0.15, 0.2) is 0 Å². The number of ether oxygens (including phenoxy) is 1. The summed E-state index contributed by atoms with van der Waals surface area (Å²) >= 11 is 13.4. The van der Waals surface area contributed by atoms with Crippen LogP contribution in [0.25, 0.3) is 6.08 Å². The van der Waals surface area contributed by atoms with Gasteiger partial charge in [-0.2, -0.15) is 13.2 Å². The van der Waals surface area contributed by atoms with Gasteiger partial charge in [-0.25, -0.2) is 0 Å². The number of carbonyl (C=O) groups is 2. The number of amides is 1. The smallest absolute Gasteiger partial charge is 0.413 e. The predicted molar refractivity (Wildman–Crippen MR) is 141 cm³/mol. The molecule has 0 saturated carbocycles. The molecular weight excluding hydrogens is 542 g/mol. The number of esters is 1. The van der Waals surface area contributed by atoms with Crippen LogP contribution in [0.15, 0.2) is 34.4 Å². The van der Waals surface area contributed by atoms with Crippen molar-refractivity contribution in [2.24, 2.45) is 18.9 Å². The van der Waals surface area contributed by atoms with Crippen LogP contribution in [0, 0.1) is 11.8 Å². The zero-order chi connectivity index (χ0) is 27.9. The fourth-order valence-corrected chi connectivity index (χ4v) is 6.21. The number of allylic oxidation sites excluding steroid dienone is 4. The lowest BCUT2D eigenvalue weighted by Gasteiger charge is -2.36. The van der Waals surface area contributed by atoms with Crippen LogP contribution >= 0.6 is 23.2 Å². The number of nitrogens with zero attached hydrogens (tertiary/aromatic N) is 3. The normalized spacial score (nSPS) is 26.3. The highest BCUT2D eigenvalue weighted by molar-refractivity contribution is 6.33. The Morgan fingerprint density at radius 2 is 1.76 bits per heavy atom. The van der Waals surface area contributed by atoms with Crippen molar-refractivity contribution < 1.29 is 27.5 Å². The summed E-state index contributed by atoms with van der Waals surface area (Å²) in [5, 5.41) is -0.200. The summed E-state index contributed by atoms with van der Waals surface area (Å²) in [4.78, 5) is 28.5. The lowest BCUT2D eigenvalue weighted by Crippen LogP contribution is -2.51. The molecule has 1 fully saturated rings. The molecule has 6 nitrogen and oxygen atoms in total. The van der Waals surface area contributed by atoms with E-state index < -0.39 is 29.0 Å². The Hall–Kier alpha value is -2.23. The first kappa shape index (κ1) is 28.8. The molecule has 1 amide bonds. The maximum absolute atomic E-state index is 13.7. The van der Waals surface area contributed by atoms with Gasteiger partial charge in [-0.15, -0.1) is 11.6 Å². The van der Waals surface area contributed by atoms with E-state index in [-0.39, 0.29) is 24.3 Å². The molecule has 0 bridgehead atoms. The third kappa shape index (κ3) is 5.56. The highest BCUT2D eigenvalue weighted by atomic mass is 35.5. The number of halogens is 5. The number of rotatable bonds is 5. The minimum absolute atomic E-state index is 0.178. The molecule has 0 N–H and O–H groups in total. The van der Waals surface area contributed by atoms with Gasteiger partial charge in [0, 0.05) is 66.7 Å². The van der Waals surface area contributed by atoms with Crippen LogP contribution in [0.4, 0.5) is 13.2 Å². The lowest BCUT2D eigenvalue weighted by atomic mass is 9.78. The highest BCUT2D eigenvalue weighted by Gasteiger charge is 2.43. The predicted octanol–water partition coefficient (Wildman–Crippen LogP) is 4.87. The largest absolute Gasteiger partial charge is 0.468 e. The van der Waals surface area contributed by atoms with Crippen LogP contribution in [0.3, 0.4) is 0 Å². The van der Waals surface area contributed by atoms with Crippen LogP contribution in [-0.2, 0) is 27.8 Å². The molecule has 2 heterocycles. The monoisotopic (exact) mass is 573 g/mol. The third-order valence-electron chi connectivity index (χ3n) is 8.10. The molecule has 3 aliphatic rings. The second kappa shape index (κ2) is 11.1. The number of methoxy groups -OCH3 is 1. The summed E-state index contributed by atoms with van der Waals surface area (Å²) in [6.45, 7) is 5.58. The molecule has 0 aromatic carbocycles. The quantitative estimate of drug-likeness (QED) is 0.372. The van der Waals surface area contributed by atoms with Crippen molar-refractivity contribution in [3.05, 3.63) is 51.3 Å². The van der Waals surface area contributed by atoms with E-state index in [4.69, 9.17) is 27.9 Å². The number of aromatic nitrogens is 1. The first-order chi connectivity index (χ1) is 17.8. The van der Waals surface area contributed by atoms with Crippen molar-refractivity contribution in [1.82, 2.24) is 14.4 Å². The fraction of sp³-hybridized carbons (Fsp3) is 0.556. The first-order valence-corrected chi connectivity index (χ1v) is 13.4. The summed E-state index contributed by atoms with van der Waals surface area (Å²) < 4.78 is 47.4.